The molecule has 156 valence electrons. The Morgan fingerprint density at radius 1 is 0.923 bits per heavy atom. The zero-order chi connectivity index (χ0) is 19.6. The average Bonchev–Trinajstić information content (AvgIpc) is 2.62. The van der Waals surface area contributed by atoms with E-state index in [9.17, 15) is 0 Å². The van der Waals surface area contributed by atoms with Gasteiger partial charge in [-0.25, -0.2) is 0 Å². The molecule has 1 unspecified atom stereocenters. The SMILES string of the molecule is C=CCOC[C@H](OCCCC)C(COCCCC)O[C@@H](SCC)C(C)C. The molecule has 0 aromatic carbocycles. The summed E-state index contributed by atoms with van der Waals surface area (Å²) in [6.45, 7) is 17.7. The molecule has 0 heterocycles. The molecule has 0 aliphatic rings. The lowest BCUT2D eigenvalue weighted by Crippen LogP contribution is -2.42. The lowest BCUT2D eigenvalue weighted by Gasteiger charge is -2.32. The van der Waals surface area contributed by atoms with Gasteiger partial charge in [-0.05, 0) is 24.5 Å². The third-order valence-electron chi connectivity index (χ3n) is 3.87. The Labute approximate surface area is 166 Å². The molecule has 26 heavy (non-hydrogen) atoms. The highest BCUT2D eigenvalue weighted by atomic mass is 32.2. The average molecular weight is 391 g/mol. The molecule has 0 N–H and O–H groups in total. The topological polar surface area (TPSA) is 36.9 Å². The predicted molar refractivity (Wildman–Crippen MR) is 113 cm³/mol. The molecule has 0 spiro atoms. The fraction of sp³-hybridized carbons (Fsp3) is 0.905. The fourth-order valence-corrected chi connectivity index (χ4v) is 3.25. The van der Waals surface area contributed by atoms with Crippen LogP contribution in [0.2, 0.25) is 0 Å². The van der Waals surface area contributed by atoms with Gasteiger partial charge in [-0.1, -0.05) is 53.5 Å². The van der Waals surface area contributed by atoms with E-state index in [-0.39, 0.29) is 17.6 Å². The molecular formula is C21H42O4S. The highest BCUT2D eigenvalue weighted by Gasteiger charge is 2.28. The molecule has 0 radical (unpaired) electrons. The van der Waals surface area contributed by atoms with Crippen molar-refractivity contribution in [2.45, 2.75) is 77.9 Å². The van der Waals surface area contributed by atoms with Gasteiger partial charge in [0.1, 0.15) is 17.6 Å². The maximum atomic E-state index is 6.46. The maximum Gasteiger partial charge on any atom is 0.111 e. The molecule has 0 aromatic rings. The molecule has 0 amide bonds. The first kappa shape index (κ1) is 25.9. The largest absolute Gasteiger partial charge is 0.379 e. The molecule has 0 aromatic heterocycles. The van der Waals surface area contributed by atoms with Crippen LogP contribution < -0.4 is 0 Å². The van der Waals surface area contributed by atoms with Crippen molar-refractivity contribution in [3.05, 3.63) is 12.7 Å². The Morgan fingerprint density at radius 2 is 1.58 bits per heavy atom. The third kappa shape index (κ3) is 13.2. The standard InChI is InChI=1S/C21H42O4S/c1-7-11-14-23-17-20(25-21(18(5)6)26-10-4)19(16-22-13-9-3)24-15-12-8-2/h9,18-21H,3,7-8,10-17H2,1-2,4-6H3/t19-,20?,21-/m0/s1. The number of unbranched alkanes of at least 4 members (excludes halogenated alkanes) is 2. The molecule has 0 fully saturated rings. The van der Waals surface area contributed by atoms with Crippen molar-refractivity contribution in [2.24, 2.45) is 5.92 Å². The third-order valence-corrected chi connectivity index (χ3v) is 5.19. The minimum atomic E-state index is -0.125. The molecule has 0 aliphatic heterocycles. The summed E-state index contributed by atoms with van der Waals surface area (Å²) >= 11 is 1.84. The van der Waals surface area contributed by atoms with Crippen LogP contribution in [0.5, 0.6) is 0 Å². The summed E-state index contributed by atoms with van der Waals surface area (Å²) in [5.41, 5.74) is 0.136. The molecule has 3 atom stereocenters. The van der Waals surface area contributed by atoms with Crippen LogP contribution in [0.15, 0.2) is 12.7 Å². The van der Waals surface area contributed by atoms with Gasteiger partial charge in [0.15, 0.2) is 0 Å². The van der Waals surface area contributed by atoms with E-state index in [1.807, 2.05) is 11.8 Å². The minimum absolute atomic E-state index is 0.123. The van der Waals surface area contributed by atoms with E-state index >= 15 is 0 Å². The van der Waals surface area contributed by atoms with Crippen LogP contribution in [0.4, 0.5) is 0 Å². The molecule has 5 heteroatoms. The number of hydrogen-bond acceptors (Lipinski definition) is 5. The van der Waals surface area contributed by atoms with Crippen molar-refractivity contribution in [3.8, 4) is 0 Å². The monoisotopic (exact) mass is 390 g/mol. The van der Waals surface area contributed by atoms with Crippen molar-refractivity contribution < 1.29 is 18.9 Å². The zero-order valence-electron chi connectivity index (χ0n) is 17.7. The number of rotatable bonds is 19. The second-order valence-electron chi connectivity index (χ2n) is 6.76. The van der Waals surface area contributed by atoms with Gasteiger partial charge in [0, 0.05) is 13.2 Å². The highest BCUT2D eigenvalue weighted by Crippen LogP contribution is 2.24. The van der Waals surface area contributed by atoms with Crippen LogP contribution in [0.25, 0.3) is 0 Å². The smallest absolute Gasteiger partial charge is 0.111 e. The van der Waals surface area contributed by atoms with E-state index in [0.717, 1.165) is 44.6 Å². The first-order chi connectivity index (χ1) is 12.6. The van der Waals surface area contributed by atoms with E-state index in [2.05, 4.69) is 41.2 Å². The molecular weight excluding hydrogens is 348 g/mol. The zero-order valence-corrected chi connectivity index (χ0v) is 18.5. The van der Waals surface area contributed by atoms with Crippen molar-refractivity contribution in [2.75, 3.05) is 38.8 Å². The molecule has 0 saturated heterocycles. The molecule has 0 bridgehead atoms. The lowest BCUT2D eigenvalue weighted by atomic mass is 10.2. The van der Waals surface area contributed by atoms with E-state index < -0.39 is 0 Å². The quantitative estimate of drug-likeness (QED) is 0.170. The van der Waals surface area contributed by atoms with Gasteiger partial charge in [-0.2, -0.15) is 0 Å². The van der Waals surface area contributed by atoms with Gasteiger partial charge < -0.3 is 18.9 Å². The van der Waals surface area contributed by atoms with Gasteiger partial charge in [0.2, 0.25) is 0 Å². The maximum absolute atomic E-state index is 6.46. The number of thioether (sulfide) groups is 1. The summed E-state index contributed by atoms with van der Waals surface area (Å²) < 4.78 is 24.2. The van der Waals surface area contributed by atoms with Gasteiger partial charge in [0.05, 0.1) is 19.8 Å². The van der Waals surface area contributed by atoms with Gasteiger partial charge in [-0.15, -0.1) is 18.3 Å². The van der Waals surface area contributed by atoms with E-state index in [1.54, 1.807) is 6.08 Å². The first-order valence-corrected chi connectivity index (χ1v) is 11.3. The van der Waals surface area contributed by atoms with E-state index in [0.29, 0.717) is 25.7 Å². The summed E-state index contributed by atoms with van der Waals surface area (Å²) in [5, 5.41) is 0. The summed E-state index contributed by atoms with van der Waals surface area (Å²) in [5.74, 6) is 1.46. The first-order valence-electron chi connectivity index (χ1n) is 10.3. The normalized spacial score (nSPS) is 15.2. The lowest BCUT2D eigenvalue weighted by molar-refractivity contribution is -0.136. The van der Waals surface area contributed by atoms with Gasteiger partial charge in [0.25, 0.3) is 0 Å². The summed E-state index contributed by atoms with van der Waals surface area (Å²) in [6.07, 6.45) is 5.86. The van der Waals surface area contributed by atoms with Crippen molar-refractivity contribution >= 4 is 11.8 Å². The minimum Gasteiger partial charge on any atom is -0.379 e. The second kappa shape index (κ2) is 18.3. The summed E-state index contributed by atoms with van der Waals surface area (Å²) in [6, 6.07) is 0. The Bertz CT molecular complexity index is 312. The van der Waals surface area contributed by atoms with Crippen LogP contribution in [0.1, 0.15) is 60.3 Å². The molecule has 0 aliphatic carbocycles. The van der Waals surface area contributed by atoms with E-state index in [4.69, 9.17) is 18.9 Å². The second-order valence-corrected chi connectivity index (χ2v) is 8.13. The number of hydrogen-bond donors (Lipinski definition) is 0. The summed E-state index contributed by atoms with van der Waals surface area (Å²) in [7, 11) is 0. The van der Waals surface area contributed by atoms with Crippen LogP contribution in [-0.4, -0.2) is 56.4 Å². The fourth-order valence-electron chi connectivity index (χ4n) is 2.31. The van der Waals surface area contributed by atoms with Crippen LogP contribution in [0.3, 0.4) is 0 Å². The van der Waals surface area contributed by atoms with E-state index in [1.165, 1.54) is 0 Å². The van der Waals surface area contributed by atoms with Crippen molar-refractivity contribution in [1.82, 2.24) is 0 Å². The predicted octanol–water partition coefficient (Wildman–Crippen LogP) is 5.31. The number of ether oxygens (including phenoxy) is 4. The van der Waals surface area contributed by atoms with Crippen molar-refractivity contribution in [3.63, 3.8) is 0 Å². The Hall–Kier alpha value is -0.0700. The van der Waals surface area contributed by atoms with Gasteiger partial charge >= 0.3 is 0 Å². The molecule has 4 nitrogen and oxygen atoms in total. The summed E-state index contributed by atoms with van der Waals surface area (Å²) in [4.78, 5) is 0. The van der Waals surface area contributed by atoms with Crippen LogP contribution in [-0.2, 0) is 18.9 Å². The molecule has 0 rings (SSSR count). The molecule has 0 saturated carbocycles. The van der Waals surface area contributed by atoms with Crippen molar-refractivity contribution in [1.29, 1.82) is 0 Å². The Kier molecular flexibility index (Phi) is 18.3. The van der Waals surface area contributed by atoms with Gasteiger partial charge in [-0.3, -0.25) is 0 Å². The van der Waals surface area contributed by atoms with Crippen LogP contribution >= 0.6 is 11.8 Å². The highest BCUT2D eigenvalue weighted by molar-refractivity contribution is 7.99. The van der Waals surface area contributed by atoms with Crippen LogP contribution in [0, 0.1) is 5.92 Å². The Morgan fingerprint density at radius 3 is 2.15 bits per heavy atom. The Balaban J connectivity index is 4.95.